The maximum absolute atomic E-state index is 15.1. The normalized spacial score (nSPS) is 18.2. The largest absolute Gasteiger partial charge is 0.490 e. The Morgan fingerprint density at radius 1 is 1.08 bits per heavy atom. The second kappa shape index (κ2) is 9.11. The number of aromatic nitrogens is 3. The van der Waals surface area contributed by atoms with E-state index >= 15 is 4.39 Å². The molecule has 2 aromatic heterocycles. The fourth-order valence-corrected chi connectivity index (χ4v) is 5.40. The van der Waals surface area contributed by atoms with Gasteiger partial charge in [0.25, 0.3) is 5.56 Å². The smallest absolute Gasteiger partial charge is 0.272 e. The molecule has 2 aliphatic carbocycles. The lowest BCUT2D eigenvalue weighted by Crippen LogP contribution is -2.49. The molecule has 0 bridgehead atoms. The standard InChI is InChI=1S/C28H28FN5O4/c29-22-9-6-17(14-23-21-15-19(37-18-2-1-3-18)7-8-20(21)27(35)31-30-23)25-24(22)26(32-38-25)33-10-12-34(13-11-33)28(36)16-4-5-16/h6-9,15-16,18H,1-5,10-14H2,(H,31,35). The summed E-state index contributed by atoms with van der Waals surface area (Å²) in [6.45, 7) is 2.31. The quantitative estimate of drug-likeness (QED) is 0.415. The lowest BCUT2D eigenvalue weighted by Gasteiger charge is -2.34. The van der Waals surface area contributed by atoms with Gasteiger partial charge in [-0.25, -0.2) is 9.49 Å². The van der Waals surface area contributed by atoms with Crippen molar-refractivity contribution in [2.24, 2.45) is 5.92 Å². The number of aromatic amines is 1. The number of hydrogen-bond acceptors (Lipinski definition) is 7. The van der Waals surface area contributed by atoms with Crippen LogP contribution in [-0.4, -0.2) is 58.4 Å². The summed E-state index contributed by atoms with van der Waals surface area (Å²) >= 11 is 0. The van der Waals surface area contributed by atoms with Gasteiger partial charge in [-0.1, -0.05) is 11.2 Å². The number of nitrogens with one attached hydrogen (secondary N) is 1. The summed E-state index contributed by atoms with van der Waals surface area (Å²) in [5.41, 5.74) is 1.44. The Balaban J connectivity index is 1.19. The molecular weight excluding hydrogens is 489 g/mol. The number of piperazine rings is 1. The zero-order valence-corrected chi connectivity index (χ0v) is 20.9. The molecule has 7 rings (SSSR count). The number of carbonyl (C=O) groups is 1. The third-order valence-electron chi connectivity index (χ3n) is 8.00. The average molecular weight is 518 g/mol. The van der Waals surface area contributed by atoms with E-state index in [0.29, 0.717) is 77.2 Å². The zero-order chi connectivity index (χ0) is 25.8. The number of fused-ring (bicyclic) bond motifs is 2. The fourth-order valence-electron chi connectivity index (χ4n) is 5.40. The lowest BCUT2D eigenvalue weighted by molar-refractivity contribution is -0.132. The van der Waals surface area contributed by atoms with Crippen molar-refractivity contribution in [1.29, 1.82) is 0 Å². The summed E-state index contributed by atoms with van der Waals surface area (Å²) in [7, 11) is 0. The molecule has 1 amide bonds. The van der Waals surface area contributed by atoms with Crippen LogP contribution >= 0.6 is 0 Å². The molecule has 1 N–H and O–H groups in total. The molecular formula is C28H28FN5O4. The molecule has 9 nitrogen and oxygen atoms in total. The van der Waals surface area contributed by atoms with E-state index < -0.39 is 5.82 Å². The first-order valence-electron chi connectivity index (χ1n) is 13.3. The van der Waals surface area contributed by atoms with Gasteiger partial charge in [-0.15, -0.1) is 0 Å². The molecule has 38 heavy (non-hydrogen) atoms. The number of benzene rings is 2. The molecule has 3 aliphatic rings. The van der Waals surface area contributed by atoms with Crippen LogP contribution in [0, 0.1) is 11.7 Å². The van der Waals surface area contributed by atoms with Crippen molar-refractivity contribution in [1.82, 2.24) is 20.3 Å². The molecule has 3 fully saturated rings. The van der Waals surface area contributed by atoms with E-state index in [9.17, 15) is 9.59 Å². The number of nitrogens with zero attached hydrogens (tertiary/aromatic N) is 4. The highest BCUT2D eigenvalue weighted by atomic mass is 19.1. The third-order valence-corrected chi connectivity index (χ3v) is 8.00. The minimum absolute atomic E-state index is 0.188. The first kappa shape index (κ1) is 23.2. The lowest BCUT2D eigenvalue weighted by atomic mass is 9.96. The Morgan fingerprint density at radius 2 is 1.89 bits per heavy atom. The Kier molecular flexibility index (Phi) is 5.56. The average Bonchev–Trinajstić information content (AvgIpc) is 3.67. The molecule has 0 atom stereocenters. The van der Waals surface area contributed by atoms with Gasteiger partial charge < -0.3 is 19.1 Å². The molecule has 10 heteroatoms. The van der Waals surface area contributed by atoms with Crippen LogP contribution < -0.4 is 15.2 Å². The summed E-state index contributed by atoms with van der Waals surface area (Å²) < 4.78 is 26.9. The van der Waals surface area contributed by atoms with Gasteiger partial charge in [-0.3, -0.25) is 9.59 Å². The first-order valence-corrected chi connectivity index (χ1v) is 13.3. The molecule has 0 radical (unpaired) electrons. The van der Waals surface area contributed by atoms with Crippen LogP contribution in [0.1, 0.15) is 43.4 Å². The van der Waals surface area contributed by atoms with Crippen LogP contribution in [0.15, 0.2) is 39.6 Å². The number of ether oxygens (including phenoxy) is 1. The Labute approximate surface area is 217 Å². The van der Waals surface area contributed by atoms with E-state index in [1.165, 1.54) is 12.5 Å². The highest BCUT2D eigenvalue weighted by Crippen LogP contribution is 2.35. The number of carbonyl (C=O) groups excluding carboxylic acids is 1. The van der Waals surface area contributed by atoms with Gasteiger partial charge in [-0.2, -0.15) is 5.10 Å². The van der Waals surface area contributed by atoms with E-state index in [4.69, 9.17) is 9.26 Å². The van der Waals surface area contributed by atoms with E-state index in [1.807, 2.05) is 21.9 Å². The Bertz CT molecular complexity index is 1600. The van der Waals surface area contributed by atoms with Crippen molar-refractivity contribution < 1.29 is 18.4 Å². The predicted molar refractivity (Wildman–Crippen MR) is 139 cm³/mol. The van der Waals surface area contributed by atoms with Crippen LogP contribution in [-0.2, 0) is 11.2 Å². The van der Waals surface area contributed by atoms with Gasteiger partial charge in [0.1, 0.15) is 17.0 Å². The molecule has 196 valence electrons. The fraction of sp³-hybridized carbons (Fsp3) is 0.429. The van der Waals surface area contributed by atoms with Crippen LogP contribution in [0.4, 0.5) is 10.2 Å². The molecule has 4 aromatic rings. The summed E-state index contributed by atoms with van der Waals surface area (Å²) in [4.78, 5) is 28.8. The van der Waals surface area contributed by atoms with Gasteiger partial charge in [0, 0.05) is 49.5 Å². The van der Waals surface area contributed by atoms with Crippen LogP contribution in [0.2, 0.25) is 0 Å². The molecule has 2 saturated carbocycles. The number of H-pyrrole nitrogens is 1. The van der Waals surface area contributed by atoms with Crippen LogP contribution in [0.5, 0.6) is 5.75 Å². The summed E-state index contributed by atoms with van der Waals surface area (Å²) in [5, 5.41) is 12.7. The molecule has 2 aromatic carbocycles. The van der Waals surface area contributed by atoms with Crippen LogP contribution in [0.25, 0.3) is 21.7 Å². The highest BCUT2D eigenvalue weighted by Gasteiger charge is 2.35. The van der Waals surface area contributed by atoms with Crippen molar-refractivity contribution in [3.63, 3.8) is 0 Å². The second-order valence-corrected chi connectivity index (χ2v) is 10.6. The second-order valence-electron chi connectivity index (χ2n) is 10.6. The number of hydrogen-bond donors (Lipinski definition) is 1. The summed E-state index contributed by atoms with van der Waals surface area (Å²) in [6, 6.07) is 8.53. The zero-order valence-electron chi connectivity index (χ0n) is 20.9. The van der Waals surface area contributed by atoms with Crippen molar-refractivity contribution >= 4 is 33.5 Å². The minimum Gasteiger partial charge on any atom is -0.490 e. The van der Waals surface area contributed by atoms with Crippen molar-refractivity contribution in [2.45, 2.75) is 44.6 Å². The molecule has 0 unspecified atom stereocenters. The van der Waals surface area contributed by atoms with Gasteiger partial charge in [-0.05, 0) is 56.4 Å². The van der Waals surface area contributed by atoms with Crippen molar-refractivity contribution in [3.05, 3.63) is 57.8 Å². The number of halogens is 1. The van der Waals surface area contributed by atoms with Crippen molar-refractivity contribution in [3.8, 4) is 5.75 Å². The van der Waals surface area contributed by atoms with E-state index in [1.54, 1.807) is 12.1 Å². The number of anilines is 1. The first-order chi connectivity index (χ1) is 18.5. The van der Waals surface area contributed by atoms with E-state index in [0.717, 1.165) is 25.7 Å². The van der Waals surface area contributed by atoms with Gasteiger partial charge in [0.05, 0.1) is 17.2 Å². The maximum Gasteiger partial charge on any atom is 0.272 e. The van der Waals surface area contributed by atoms with Gasteiger partial charge in [0.2, 0.25) is 5.91 Å². The SMILES string of the molecule is O=C(C1CC1)N1CCN(c2noc3c(Cc4n[nH]c(=O)c5ccc(OC6CCC6)cc45)ccc(F)c23)CC1. The van der Waals surface area contributed by atoms with Gasteiger partial charge in [0.15, 0.2) is 11.4 Å². The highest BCUT2D eigenvalue weighted by molar-refractivity contribution is 5.92. The monoisotopic (exact) mass is 517 g/mol. The van der Waals surface area contributed by atoms with Gasteiger partial charge >= 0.3 is 0 Å². The van der Waals surface area contributed by atoms with Crippen molar-refractivity contribution in [2.75, 3.05) is 31.1 Å². The Morgan fingerprint density at radius 3 is 2.63 bits per heavy atom. The maximum atomic E-state index is 15.1. The summed E-state index contributed by atoms with van der Waals surface area (Å²) in [5.74, 6) is 1.17. The van der Waals surface area contributed by atoms with E-state index in [-0.39, 0.29) is 23.5 Å². The summed E-state index contributed by atoms with van der Waals surface area (Å²) in [6.07, 6.45) is 5.72. The topological polar surface area (TPSA) is 105 Å². The third kappa shape index (κ3) is 4.08. The number of rotatable bonds is 6. The predicted octanol–water partition coefficient (Wildman–Crippen LogP) is 3.78. The molecule has 1 saturated heterocycles. The van der Waals surface area contributed by atoms with Crippen LogP contribution in [0.3, 0.4) is 0 Å². The number of amides is 1. The minimum atomic E-state index is -0.410. The molecule has 1 aliphatic heterocycles. The molecule has 3 heterocycles. The Hall–Kier alpha value is -3.95. The van der Waals surface area contributed by atoms with E-state index in [2.05, 4.69) is 15.4 Å². The molecule has 0 spiro atoms.